The van der Waals surface area contributed by atoms with Crippen LogP contribution in [0.1, 0.15) is 18.5 Å². The van der Waals surface area contributed by atoms with Crippen LogP contribution in [0.4, 0.5) is 0 Å². The van der Waals surface area contributed by atoms with E-state index in [1.54, 1.807) is 6.20 Å². The Morgan fingerprint density at radius 1 is 1.53 bits per heavy atom. The van der Waals surface area contributed by atoms with Crippen LogP contribution < -0.4 is 0 Å². The summed E-state index contributed by atoms with van der Waals surface area (Å²) in [7, 11) is 0. The van der Waals surface area contributed by atoms with E-state index in [9.17, 15) is 10.1 Å². The number of rotatable bonds is 5. The molecule has 0 aromatic carbocycles. The topological polar surface area (TPSA) is 56.0 Å². The molecule has 2 rings (SSSR count). The fraction of sp³-hybridized carbons (Fsp3) is 0.545. The number of aromatic nitrogens is 1. The zero-order chi connectivity index (χ0) is 10.7. The third kappa shape index (κ3) is 3.01. The zero-order valence-electron chi connectivity index (χ0n) is 8.50. The maximum atomic E-state index is 10.5. The number of pyridine rings is 1. The lowest BCUT2D eigenvalue weighted by atomic mass is 9.97. The van der Waals surface area contributed by atoms with E-state index in [2.05, 4.69) is 4.98 Å². The van der Waals surface area contributed by atoms with Gasteiger partial charge in [0, 0.05) is 22.7 Å². The van der Waals surface area contributed by atoms with Gasteiger partial charge in [-0.1, -0.05) is 6.07 Å². The largest absolute Gasteiger partial charge is 0.265 e. The molecule has 80 valence electrons. The third-order valence-corrected chi connectivity index (χ3v) is 2.87. The van der Waals surface area contributed by atoms with E-state index in [-0.39, 0.29) is 17.4 Å². The SMILES string of the molecule is O=[N+]([O-])C[C@@H](Cc1ccccn1)C1CC1. The van der Waals surface area contributed by atoms with Gasteiger partial charge in [0.05, 0.1) is 0 Å². The lowest BCUT2D eigenvalue weighted by Crippen LogP contribution is -2.19. The molecule has 0 bridgehead atoms. The van der Waals surface area contributed by atoms with Gasteiger partial charge in [0.25, 0.3) is 0 Å². The first-order chi connectivity index (χ1) is 7.25. The summed E-state index contributed by atoms with van der Waals surface area (Å²) in [6.07, 6.45) is 4.77. The Morgan fingerprint density at radius 3 is 2.87 bits per heavy atom. The Hall–Kier alpha value is -1.45. The summed E-state index contributed by atoms with van der Waals surface area (Å²) in [5, 5.41) is 10.5. The Bertz CT molecular complexity index is 336. The molecule has 0 N–H and O–H groups in total. The lowest BCUT2D eigenvalue weighted by Gasteiger charge is -2.10. The van der Waals surface area contributed by atoms with Gasteiger partial charge in [0.1, 0.15) is 0 Å². The molecule has 15 heavy (non-hydrogen) atoms. The summed E-state index contributed by atoms with van der Waals surface area (Å²) >= 11 is 0. The van der Waals surface area contributed by atoms with Crippen molar-refractivity contribution >= 4 is 0 Å². The summed E-state index contributed by atoms with van der Waals surface area (Å²) in [5.74, 6) is 0.729. The van der Waals surface area contributed by atoms with Crippen molar-refractivity contribution in [3.8, 4) is 0 Å². The molecule has 0 radical (unpaired) electrons. The molecule has 1 atom stereocenters. The molecule has 0 spiro atoms. The quantitative estimate of drug-likeness (QED) is 0.546. The van der Waals surface area contributed by atoms with E-state index < -0.39 is 0 Å². The van der Waals surface area contributed by atoms with Gasteiger partial charge < -0.3 is 0 Å². The van der Waals surface area contributed by atoms with E-state index in [0.717, 1.165) is 25.0 Å². The normalized spacial score (nSPS) is 17.3. The molecule has 0 unspecified atom stereocenters. The fourth-order valence-corrected chi connectivity index (χ4v) is 1.93. The number of hydrogen-bond acceptors (Lipinski definition) is 3. The highest BCUT2D eigenvalue weighted by Crippen LogP contribution is 2.38. The standard InChI is InChI=1S/C11H14N2O2/c14-13(15)8-10(9-4-5-9)7-11-3-1-2-6-12-11/h1-3,6,9-10H,4-5,7-8H2/t10-/m1/s1. The van der Waals surface area contributed by atoms with Crippen molar-refractivity contribution < 1.29 is 4.92 Å². The average Bonchev–Trinajstić information content (AvgIpc) is 3.01. The summed E-state index contributed by atoms with van der Waals surface area (Å²) in [6, 6.07) is 5.73. The molecule has 0 amide bonds. The van der Waals surface area contributed by atoms with Crippen molar-refractivity contribution in [2.45, 2.75) is 19.3 Å². The molecule has 0 saturated heterocycles. The van der Waals surface area contributed by atoms with E-state index in [4.69, 9.17) is 0 Å². The molecular formula is C11H14N2O2. The predicted molar refractivity (Wildman–Crippen MR) is 56.0 cm³/mol. The Balaban J connectivity index is 1.97. The molecule has 1 aromatic rings. The minimum Gasteiger partial charge on any atom is -0.265 e. The van der Waals surface area contributed by atoms with Crippen LogP contribution in [0.3, 0.4) is 0 Å². The van der Waals surface area contributed by atoms with E-state index in [1.807, 2.05) is 18.2 Å². The molecule has 1 heterocycles. The second kappa shape index (κ2) is 4.38. The second-order valence-corrected chi connectivity index (χ2v) is 4.14. The van der Waals surface area contributed by atoms with Crippen LogP contribution >= 0.6 is 0 Å². The van der Waals surface area contributed by atoms with Crippen molar-refractivity contribution in [3.63, 3.8) is 0 Å². The molecule has 1 aromatic heterocycles. The molecule has 4 nitrogen and oxygen atoms in total. The Labute approximate surface area is 88.5 Å². The summed E-state index contributed by atoms with van der Waals surface area (Å²) in [5.41, 5.74) is 0.969. The maximum Gasteiger partial charge on any atom is 0.207 e. The van der Waals surface area contributed by atoms with Gasteiger partial charge in [0.15, 0.2) is 0 Å². The van der Waals surface area contributed by atoms with Gasteiger partial charge >= 0.3 is 0 Å². The van der Waals surface area contributed by atoms with Crippen molar-refractivity contribution in [1.29, 1.82) is 0 Å². The van der Waals surface area contributed by atoms with Gasteiger partial charge in [-0.2, -0.15) is 0 Å². The van der Waals surface area contributed by atoms with Gasteiger partial charge in [-0.25, -0.2) is 0 Å². The first kappa shape index (κ1) is 10.1. The van der Waals surface area contributed by atoms with Gasteiger partial charge in [0.2, 0.25) is 6.54 Å². The highest BCUT2D eigenvalue weighted by atomic mass is 16.6. The number of nitro groups is 1. The van der Waals surface area contributed by atoms with Crippen LogP contribution in [0, 0.1) is 22.0 Å². The lowest BCUT2D eigenvalue weighted by molar-refractivity contribution is -0.489. The van der Waals surface area contributed by atoms with Crippen LogP contribution in [0.25, 0.3) is 0 Å². The first-order valence-electron chi connectivity index (χ1n) is 5.27. The minimum atomic E-state index is -0.202. The third-order valence-electron chi connectivity index (χ3n) is 2.87. The van der Waals surface area contributed by atoms with Crippen LogP contribution in [-0.4, -0.2) is 16.5 Å². The average molecular weight is 206 g/mol. The van der Waals surface area contributed by atoms with Crippen molar-refractivity contribution in [2.75, 3.05) is 6.54 Å². The van der Waals surface area contributed by atoms with E-state index >= 15 is 0 Å². The maximum absolute atomic E-state index is 10.5. The fourth-order valence-electron chi connectivity index (χ4n) is 1.93. The molecule has 1 fully saturated rings. The Morgan fingerprint density at radius 2 is 2.33 bits per heavy atom. The van der Waals surface area contributed by atoms with Crippen molar-refractivity contribution in [3.05, 3.63) is 40.2 Å². The van der Waals surface area contributed by atoms with Gasteiger partial charge in [-0.05, 0) is 37.3 Å². The van der Waals surface area contributed by atoms with Crippen molar-refractivity contribution in [2.24, 2.45) is 11.8 Å². The number of hydrogen-bond donors (Lipinski definition) is 0. The van der Waals surface area contributed by atoms with Crippen LogP contribution in [0.15, 0.2) is 24.4 Å². The zero-order valence-corrected chi connectivity index (χ0v) is 8.50. The Kier molecular flexibility index (Phi) is 2.94. The first-order valence-corrected chi connectivity index (χ1v) is 5.27. The minimum absolute atomic E-state index is 0.0846. The van der Waals surface area contributed by atoms with Crippen molar-refractivity contribution in [1.82, 2.24) is 4.98 Å². The summed E-state index contributed by atoms with van der Waals surface area (Å²) in [6.45, 7) is 0.0846. The monoisotopic (exact) mass is 206 g/mol. The highest BCUT2D eigenvalue weighted by Gasteiger charge is 2.34. The molecule has 1 saturated carbocycles. The molecular weight excluding hydrogens is 192 g/mol. The van der Waals surface area contributed by atoms with Crippen LogP contribution in [0.2, 0.25) is 0 Å². The van der Waals surface area contributed by atoms with E-state index in [1.165, 1.54) is 0 Å². The molecule has 4 heteroatoms. The highest BCUT2D eigenvalue weighted by molar-refractivity contribution is 5.05. The van der Waals surface area contributed by atoms with E-state index in [0.29, 0.717) is 5.92 Å². The molecule has 0 aliphatic heterocycles. The molecule has 1 aliphatic carbocycles. The molecule has 1 aliphatic rings. The smallest absolute Gasteiger partial charge is 0.207 e. The van der Waals surface area contributed by atoms with Gasteiger partial charge in [-0.3, -0.25) is 15.1 Å². The number of nitrogens with zero attached hydrogens (tertiary/aromatic N) is 2. The second-order valence-electron chi connectivity index (χ2n) is 4.14. The summed E-state index contributed by atoms with van der Waals surface area (Å²) < 4.78 is 0. The summed E-state index contributed by atoms with van der Waals surface area (Å²) in [4.78, 5) is 14.5. The predicted octanol–water partition coefficient (Wildman–Crippen LogP) is 1.93. The van der Waals surface area contributed by atoms with Crippen LogP contribution in [-0.2, 0) is 6.42 Å². The van der Waals surface area contributed by atoms with Gasteiger partial charge in [-0.15, -0.1) is 0 Å². The van der Waals surface area contributed by atoms with Crippen LogP contribution in [0.5, 0.6) is 0 Å².